The van der Waals surface area contributed by atoms with Gasteiger partial charge in [0.2, 0.25) is 0 Å². The number of carbonyl (C=O) groups is 1. The highest BCUT2D eigenvalue weighted by Crippen LogP contribution is 2.32. The fourth-order valence-corrected chi connectivity index (χ4v) is 3.10. The molecule has 4 heteroatoms. The van der Waals surface area contributed by atoms with Crippen LogP contribution in [0, 0.1) is 13.8 Å². The van der Waals surface area contributed by atoms with E-state index in [-0.39, 0.29) is 12.0 Å². The van der Waals surface area contributed by atoms with Crippen LogP contribution in [0.3, 0.4) is 0 Å². The molecule has 0 aliphatic heterocycles. The molecule has 1 heterocycles. The third-order valence-electron chi connectivity index (χ3n) is 4.51. The molecule has 2 aromatic carbocycles. The van der Waals surface area contributed by atoms with E-state index in [1.807, 2.05) is 56.3 Å². The Balaban J connectivity index is 2.53. The number of rotatable bonds is 3. The van der Waals surface area contributed by atoms with Crippen molar-refractivity contribution in [3.63, 3.8) is 0 Å². The summed E-state index contributed by atoms with van der Waals surface area (Å²) in [6.07, 6.45) is -0.196. The zero-order chi connectivity index (χ0) is 17.4. The Bertz CT molecular complexity index is 1000. The molecule has 24 heavy (non-hydrogen) atoms. The summed E-state index contributed by atoms with van der Waals surface area (Å²) in [7, 11) is 1.64. The number of carboxylic acids is 1. The number of aliphatic carboxylic acids is 1. The molecular formula is C20H19NO3. The van der Waals surface area contributed by atoms with Crippen LogP contribution in [-0.4, -0.2) is 15.6 Å². The van der Waals surface area contributed by atoms with Crippen LogP contribution in [0.2, 0.25) is 0 Å². The smallest absolute Gasteiger partial charge is 0.309 e. The van der Waals surface area contributed by atoms with E-state index in [4.69, 9.17) is 0 Å². The van der Waals surface area contributed by atoms with Crippen molar-refractivity contribution in [2.24, 2.45) is 7.05 Å². The molecular weight excluding hydrogens is 302 g/mol. The minimum absolute atomic E-state index is 0.163. The van der Waals surface area contributed by atoms with E-state index in [2.05, 4.69) is 0 Å². The summed E-state index contributed by atoms with van der Waals surface area (Å²) in [6, 6.07) is 13.5. The number of pyridine rings is 1. The second-order valence-electron chi connectivity index (χ2n) is 6.10. The van der Waals surface area contributed by atoms with Crippen LogP contribution in [0.1, 0.15) is 16.8 Å². The van der Waals surface area contributed by atoms with Crippen molar-refractivity contribution in [3.05, 3.63) is 69.6 Å². The van der Waals surface area contributed by atoms with Gasteiger partial charge in [0.05, 0.1) is 6.42 Å². The first-order valence-corrected chi connectivity index (χ1v) is 7.80. The first-order chi connectivity index (χ1) is 11.4. The van der Waals surface area contributed by atoms with Crippen LogP contribution in [0.5, 0.6) is 0 Å². The summed E-state index contributed by atoms with van der Waals surface area (Å²) in [5, 5.41) is 10.7. The van der Waals surface area contributed by atoms with Crippen LogP contribution < -0.4 is 5.56 Å². The molecule has 0 atom stereocenters. The highest BCUT2D eigenvalue weighted by atomic mass is 16.4. The van der Waals surface area contributed by atoms with E-state index in [9.17, 15) is 14.7 Å². The summed E-state index contributed by atoms with van der Waals surface area (Å²) in [4.78, 5) is 24.1. The van der Waals surface area contributed by atoms with Gasteiger partial charge in [0, 0.05) is 23.7 Å². The van der Waals surface area contributed by atoms with Gasteiger partial charge in [-0.2, -0.15) is 0 Å². The summed E-state index contributed by atoms with van der Waals surface area (Å²) in [5.74, 6) is -0.953. The lowest BCUT2D eigenvalue weighted by Crippen LogP contribution is -2.24. The van der Waals surface area contributed by atoms with Crippen LogP contribution in [0.25, 0.3) is 21.9 Å². The van der Waals surface area contributed by atoms with Crippen molar-refractivity contribution in [1.29, 1.82) is 0 Å². The van der Waals surface area contributed by atoms with E-state index in [1.165, 1.54) is 4.57 Å². The van der Waals surface area contributed by atoms with Gasteiger partial charge in [-0.15, -0.1) is 0 Å². The zero-order valence-corrected chi connectivity index (χ0v) is 14.0. The molecule has 0 aliphatic rings. The SMILES string of the molecule is Cc1cc2c(-c3ccccc3)c(CC(=O)O)n(C)c(=O)c2cc1C. The summed E-state index contributed by atoms with van der Waals surface area (Å²) in [5.41, 5.74) is 4.22. The maximum Gasteiger partial charge on any atom is 0.309 e. The number of hydrogen-bond acceptors (Lipinski definition) is 2. The van der Waals surface area contributed by atoms with Crippen molar-refractivity contribution >= 4 is 16.7 Å². The maximum absolute atomic E-state index is 12.7. The first kappa shape index (κ1) is 16.0. The molecule has 3 aromatic rings. The number of fused-ring (bicyclic) bond motifs is 1. The Labute approximate surface area is 140 Å². The lowest BCUT2D eigenvalue weighted by atomic mass is 9.93. The summed E-state index contributed by atoms with van der Waals surface area (Å²) < 4.78 is 1.47. The number of carboxylic acid groups (broad SMARTS) is 1. The summed E-state index contributed by atoms with van der Waals surface area (Å²) >= 11 is 0. The molecule has 122 valence electrons. The highest BCUT2D eigenvalue weighted by Gasteiger charge is 2.19. The van der Waals surface area contributed by atoms with Gasteiger partial charge in [0.15, 0.2) is 0 Å². The van der Waals surface area contributed by atoms with Gasteiger partial charge in [-0.3, -0.25) is 9.59 Å². The topological polar surface area (TPSA) is 59.3 Å². The average Bonchev–Trinajstić information content (AvgIpc) is 2.55. The molecule has 4 nitrogen and oxygen atoms in total. The van der Waals surface area contributed by atoms with Crippen molar-refractivity contribution in [2.45, 2.75) is 20.3 Å². The number of nitrogens with zero attached hydrogens (tertiary/aromatic N) is 1. The largest absolute Gasteiger partial charge is 0.481 e. The van der Waals surface area contributed by atoms with E-state index in [0.29, 0.717) is 11.1 Å². The average molecular weight is 321 g/mol. The second-order valence-corrected chi connectivity index (χ2v) is 6.10. The van der Waals surface area contributed by atoms with Gasteiger partial charge in [-0.05, 0) is 42.0 Å². The van der Waals surface area contributed by atoms with Gasteiger partial charge >= 0.3 is 5.97 Å². The van der Waals surface area contributed by atoms with E-state index < -0.39 is 5.97 Å². The van der Waals surface area contributed by atoms with Gasteiger partial charge < -0.3 is 9.67 Å². The van der Waals surface area contributed by atoms with E-state index in [0.717, 1.165) is 27.6 Å². The summed E-state index contributed by atoms with van der Waals surface area (Å²) in [6.45, 7) is 3.97. The van der Waals surface area contributed by atoms with Gasteiger partial charge in [0.25, 0.3) is 5.56 Å². The van der Waals surface area contributed by atoms with Gasteiger partial charge in [-0.1, -0.05) is 36.4 Å². The van der Waals surface area contributed by atoms with Crippen molar-refractivity contribution in [3.8, 4) is 11.1 Å². The van der Waals surface area contributed by atoms with Crippen LogP contribution in [-0.2, 0) is 18.3 Å². The molecule has 0 unspecified atom stereocenters. The lowest BCUT2D eigenvalue weighted by Gasteiger charge is -2.17. The predicted molar refractivity (Wildman–Crippen MR) is 95.4 cm³/mol. The Morgan fingerprint density at radius 1 is 1.04 bits per heavy atom. The van der Waals surface area contributed by atoms with Crippen LogP contribution >= 0.6 is 0 Å². The first-order valence-electron chi connectivity index (χ1n) is 7.80. The van der Waals surface area contributed by atoms with Gasteiger partial charge in [-0.25, -0.2) is 0 Å². The van der Waals surface area contributed by atoms with Crippen LogP contribution in [0.15, 0.2) is 47.3 Å². The number of aromatic nitrogens is 1. The van der Waals surface area contributed by atoms with Gasteiger partial charge in [0.1, 0.15) is 0 Å². The molecule has 0 radical (unpaired) electrons. The lowest BCUT2D eigenvalue weighted by molar-refractivity contribution is -0.136. The van der Waals surface area contributed by atoms with Crippen molar-refractivity contribution < 1.29 is 9.90 Å². The molecule has 0 aliphatic carbocycles. The minimum atomic E-state index is -0.953. The Morgan fingerprint density at radius 2 is 1.62 bits per heavy atom. The molecule has 0 fully saturated rings. The number of benzene rings is 2. The van der Waals surface area contributed by atoms with E-state index in [1.54, 1.807) is 7.05 Å². The third-order valence-corrected chi connectivity index (χ3v) is 4.51. The minimum Gasteiger partial charge on any atom is -0.481 e. The Hall–Kier alpha value is -2.88. The monoisotopic (exact) mass is 321 g/mol. The maximum atomic E-state index is 12.7. The second kappa shape index (κ2) is 5.96. The fraction of sp³-hybridized carbons (Fsp3) is 0.200. The molecule has 1 N–H and O–H groups in total. The van der Waals surface area contributed by atoms with Crippen molar-refractivity contribution in [2.75, 3.05) is 0 Å². The highest BCUT2D eigenvalue weighted by molar-refractivity contribution is 5.99. The van der Waals surface area contributed by atoms with Crippen molar-refractivity contribution in [1.82, 2.24) is 4.57 Å². The fourth-order valence-electron chi connectivity index (χ4n) is 3.10. The number of hydrogen-bond donors (Lipinski definition) is 1. The normalized spacial score (nSPS) is 11.0. The third kappa shape index (κ3) is 2.60. The molecule has 0 amide bonds. The molecule has 0 bridgehead atoms. The Morgan fingerprint density at radius 3 is 2.21 bits per heavy atom. The molecule has 0 saturated carbocycles. The molecule has 0 saturated heterocycles. The van der Waals surface area contributed by atoms with Crippen LogP contribution in [0.4, 0.5) is 0 Å². The number of aryl methyl sites for hydroxylation is 2. The molecule has 3 rings (SSSR count). The quantitative estimate of drug-likeness (QED) is 0.804. The molecule has 1 aromatic heterocycles. The zero-order valence-electron chi connectivity index (χ0n) is 14.0. The predicted octanol–water partition coefficient (Wildman–Crippen LogP) is 3.45. The molecule has 0 spiro atoms. The van der Waals surface area contributed by atoms with E-state index >= 15 is 0 Å². The Kier molecular flexibility index (Phi) is 3.97. The standard InChI is InChI=1S/C20H19NO3/c1-12-9-15-16(10-13(12)2)20(24)21(3)17(11-18(22)23)19(15)14-7-5-4-6-8-14/h4-10H,11H2,1-3H3,(H,22,23).